The summed E-state index contributed by atoms with van der Waals surface area (Å²) in [6.45, 7) is 16.1. The summed E-state index contributed by atoms with van der Waals surface area (Å²) in [5.74, 6) is 3.24. The summed E-state index contributed by atoms with van der Waals surface area (Å²) in [5, 5.41) is 31.6. The van der Waals surface area contributed by atoms with Crippen molar-refractivity contribution >= 4 is 0 Å². The van der Waals surface area contributed by atoms with Crippen LogP contribution >= 0.6 is 0 Å². The lowest BCUT2D eigenvalue weighted by atomic mass is 9.46. The molecule has 3 saturated carbocycles. The number of aliphatic hydroxyl groups is 3. The van der Waals surface area contributed by atoms with E-state index in [9.17, 15) is 15.3 Å². The second-order valence-electron chi connectivity index (χ2n) is 12.8. The van der Waals surface area contributed by atoms with Crippen molar-refractivity contribution in [3.05, 3.63) is 23.8 Å². The smallest absolute Gasteiger partial charge is 0.0827 e. The Kier molecular flexibility index (Phi) is 6.78. The average Bonchev–Trinajstić information content (AvgIpc) is 3.09. The zero-order chi connectivity index (χ0) is 23.4. The highest BCUT2D eigenvalue weighted by Gasteiger charge is 2.60. The third-order valence-corrected chi connectivity index (χ3v) is 11.1. The lowest BCUT2D eigenvalue weighted by molar-refractivity contribution is -0.139. The number of rotatable bonds is 6. The van der Waals surface area contributed by atoms with Gasteiger partial charge in [-0.2, -0.15) is 0 Å². The van der Waals surface area contributed by atoms with Gasteiger partial charge in [-0.3, -0.25) is 0 Å². The van der Waals surface area contributed by atoms with Crippen molar-refractivity contribution < 1.29 is 15.3 Å². The predicted molar refractivity (Wildman–Crippen MR) is 131 cm³/mol. The van der Waals surface area contributed by atoms with Crippen molar-refractivity contribution in [2.24, 2.45) is 52.3 Å². The van der Waals surface area contributed by atoms with Gasteiger partial charge in [-0.05, 0) is 104 Å². The normalized spacial score (nSPS) is 46.8. The summed E-state index contributed by atoms with van der Waals surface area (Å²) in [5.41, 5.74) is 3.34. The van der Waals surface area contributed by atoms with Crippen molar-refractivity contribution in [1.82, 2.24) is 0 Å². The topological polar surface area (TPSA) is 60.7 Å². The van der Waals surface area contributed by atoms with Crippen LogP contribution in [-0.2, 0) is 0 Å². The van der Waals surface area contributed by atoms with E-state index in [0.29, 0.717) is 42.1 Å². The van der Waals surface area contributed by atoms with Crippen LogP contribution in [0.25, 0.3) is 0 Å². The lowest BCUT2D eigenvalue weighted by Gasteiger charge is -2.60. The maximum absolute atomic E-state index is 10.7. The van der Waals surface area contributed by atoms with Crippen molar-refractivity contribution in [3.63, 3.8) is 0 Å². The molecule has 0 aromatic carbocycles. The number of hydrogen-bond acceptors (Lipinski definition) is 3. The van der Waals surface area contributed by atoms with E-state index in [4.69, 9.17) is 0 Å². The highest BCUT2D eigenvalue weighted by atomic mass is 16.3. The monoisotopic (exact) mass is 444 g/mol. The molecule has 182 valence electrons. The zero-order valence-corrected chi connectivity index (χ0v) is 21.2. The highest BCUT2D eigenvalue weighted by Crippen LogP contribution is 2.67. The van der Waals surface area contributed by atoms with Crippen LogP contribution < -0.4 is 0 Å². The van der Waals surface area contributed by atoms with E-state index < -0.39 is 12.2 Å². The third kappa shape index (κ3) is 3.75. The van der Waals surface area contributed by atoms with E-state index in [1.807, 2.05) is 0 Å². The van der Waals surface area contributed by atoms with Crippen LogP contribution in [-0.4, -0.2) is 34.1 Å². The first-order valence-electron chi connectivity index (χ1n) is 13.4. The standard InChI is InChI=1S/C29H48O3/c1-17(2)18(3)7-8-20(16-30)23-11-12-24-21-9-10-22-19(4)27(32)26(31)15-29(22,6)25(21)13-14-28(23,24)5/h9,17,19-20,22-27,30-32H,3,7-8,10-16H2,1-2,4-6H3/t19-,20-,22-,23+,24-,25-,26+,27+,28+,29-/m0/s1. The number of allylic oxidation sites excluding steroid dienone is 3. The number of hydrogen-bond donors (Lipinski definition) is 3. The second kappa shape index (κ2) is 8.86. The fourth-order valence-electron chi connectivity index (χ4n) is 8.94. The van der Waals surface area contributed by atoms with Gasteiger partial charge in [0.2, 0.25) is 0 Å². The van der Waals surface area contributed by atoms with Gasteiger partial charge >= 0.3 is 0 Å². The van der Waals surface area contributed by atoms with Gasteiger partial charge < -0.3 is 15.3 Å². The maximum atomic E-state index is 10.7. The zero-order valence-electron chi connectivity index (χ0n) is 21.2. The van der Waals surface area contributed by atoms with Crippen LogP contribution in [0, 0.1) is 52.3 Å². The molecule has 0 aliphatic heterocycles. The van der Waals surface area contributed by atoms with Crippen molar-refractivity contribution in [2.75, 3.05) is 6.61 Å². The van der Waals surface area contributed by atoms with Crippen LogP contribution in [0.3, 0.4) is 0 Å². The van der Waals surface area contributed by atoms with Gasteiger partial charge in [0.15, 0.2) is 0 Å². The molecule has 3 N–H and O–H groups in total. The Balaban J connectivity index is 1.56. The van der Waals surface area contributed by atoms with E-state index >= 15 is 0 Å². The molecule has 0 aromatic rings. The fourth-order valence-corrected chi connectivity index (χ4v) is 8.94. The molecule has 3 heteroatoms. The minimum absolute atomic E-state index is 0.0902. The SMILES string of the molecule is C=C(CC[C@@H](CO)[C@H]1CC[C@H]2C3=CC[C@H]4[C@H](C)[C@@H](O)[C@H](O)C[C@]4(C)[C@H]3CC[C@]12C)C(C)C. The Bertz CT molecular complexity index is 741. The van der Waals surface area contributed by atoms with Crippen LogP contribution in [0.4, 0.5) is 0 Å². The molecule has 4 aliphatic rings. The Morgan fingerprint density at radius 2 is 1.81 bits per heavy atom. The minimum atomic E-state index is -0.594. The van der Waals surface area contributed by atoms with Gasteiger partial charge in [-0.25, -0.2) is 0 Å². The average molecular weight is 445 g/mol. The molecule has 10 atom stereocenters. The summed E-state index contributed by atoms with van der Waals surface area (Å²) >= 11 is 0. The van der Waals surface area contributed by atoms with Crippen LogP contribution in [0.5, 0.6) is 0 Å². The van der Waals surface area contributed by atoms with Gasteiger partial charge in [0, 0.05) is 6.61 Å². The quantitative estimate of drug-likeness (QED) is 0.458. The summed E-state index contributed by atoms with van der Waals surface area (Å²) in [6, 6.07) is 0. The molecule has 4 aliphatic carbocycles. The molecule has 0 radical (unpaired) electrons. The van der Waals surface area contributed by atoms with E-state index in [-0.39, 0.29) is 16.7 Å². The van der Waals surface area contributed by atoms with Gasteiger partial charge in [0.1, 0.15) is 0 Å². The molecule has 0 amide bonds. The first kappa shape index (κ1) is 24.5. The van der Waals surface area contributed by atoms with Crippen molar-refractivity contribution in [3.8, 4) is 0 Å². The van der Waals surface area contributed by atoms with Crippen LogP contribution in [0.1, 0.15) is 86.0 Å². The van der Waals surface area contributed by atoms with Crippen molar-refractivity contribution in [1.29, 1.82) is 0 Å². The predicted octanol–water partition coefficient (Wildman–Crippen LogP) is 5.74. The maximum Gasteiger partial charge on any atom is 0.0827 e. The molecular formula is C29H48O3. The van der Waals surface area contributed by atoms with Gasteiger partial charge in [0.25, 0.3) is 0 Å². The van der Waals surface area contributed by atoms with E-state index in [2.05, 4.69) is 47.3 Å². The summed E-state index contributed by atoms with van der Waals surface area (Å²) in [7, 11) is 0. The van der Waals surface area contributed by atoms with Gasteiger partial charge in [-0.15, -0.1) is 0 Å². The lowest BCUT2D eigenvalue weighted by Crippen LogP contribution is -2.56. The number of fused-ring (bicyclic) bond motifs is 5. The molecule has 3 nitrogen and oxygen atoms in total. The van der Waals surface area contributed by atoms with Gasteiger partial charge in [-0.1, -0.05) is 58.4 Å². The van der Waals surface area contributed by atoms with E-state index in [0.717, 1.165) is 25.7 Å². The van der Waals surface area contributed by atoms with E-state index in [1.165, 1.54) is 31.3 Å². The van der Waals surface area contributed by atoms with Crippen LogP contribution in [0.2, 0.25) is 0 Å². The molecule has 32 heavy (non-hydrogen) atoms. The number of aliphatic hydroxyl groups excluding tert-OH is 3. The molecule has 0 aromatic heterocycles. The Morgan fingerprint density at radius 1 is 1.12 bits per heavy atom. The molecule has 0 unspecified atom stereocenters. The second-order valence-corrected chi connectivity index (χ2v) is 12.8. The Labute approximate surface area is 196 Å². The fraction of sp³-hybridized carbons (Fsp3) is 0.862. The largest absolute Gasteiger partial charge is 0.396 e. The molecule has 4 rings (SSSR count). The third-order valence-electron chi connectivity index (χ3n) is 11.1. The van der Waals surface area contributed by atoms with Gasteiger partial charge in [0.05, 0.1) is 12.2 Å². The first-order valence-corrected chi connectivity index (χ1v) is 13.4. The summed E-state index contributed by atoms with van der Waals surface area (Å²) < 4.78 is 0. The molecule has 0 bridgehead atoms. The molecule has 0 saturated heterocycles. The Morgan fingerprint density at radius 3 is 2.47 bits per heavy atom. The van der Waals surface area contributed by atoms with E-state index in [1.54, 1.807) is 5.57 Å². The molecule has 3 fully saturated rings. The molecule has 0 spiro atoms. The van der Waals surface area contributed by atoms with Crippen LogP contribution in [0.15, 0.2) is 23.8 Å². The van der Waals surface area contributed by atoms with Crippen molar-refractivity contribution in [2.45, 2.75) is 98.2 Å². The molecule has 0 heterocycles. The summed E-state index contributed by atoms with van der Waals surface area (Å²) in [6.07, 6.45) is 10.1. The first-order chi connectivity index (χ1) is 15.0. The Hall–Kier alpha value is -0.640. The highest BCUT2D eigenvalue weighted by molar-refractivity contribution is 5.28. The summed E-state index contributed by atoms with van der Waals surface area (Å²) in [4.78, 5) is 0. The minimum Gasteiger partial charge on any atom is -0.396 e. The molecular weight excluding hydrogens is 396 g/mol.